The van der Waals surface area contributed by atoms with Gasteiger partial charge in [0.2, 0.25) is 0 Å². The van der Waals surface area contributed by atoms with Crippen LogP contribution in [0.5, 0.6) is 0 Å². The van der Waals surface area contributed by atoms with E-state index < -0.39 is 0 Å². The molecular weight excluding hydrogens is 178 g/mol. The van der Waals surface area contributed by atoms with E-state index in [2.05, 4.69) is 10.5 Å². The average molecular weight is 188 g/mol. The van der Waals surface area contributed by atoms with Gasteiger partial charge < -0.3 is 15.6 Å². The Balaban J connectivity index is 2.26. The molecule has 0 amide bonds. The first kappa shape index (κ1) is 7.89. The lowest BCUT2D eigenvalue weighted by molar-refractivity contribution is 0.366. The maximum absolute atomic E-state index is 5.67. The number of halogens is 1. The van der Waals surface area contributed by atoms with E-state index in [-0.39, 0.29) is 5.15 Å². The zero-order chi connectivity index (χ0) is 8.55. The van der Waals surface area contributed by atoms with Crippen LogP contribution in [0.15, 0.2) is 4.52 Å². The third-order valence-corrected chi connectivity index (χ3v) is 2.42. The highest BCUT2D eigenvalue weighted by molar-refractivity contribution is 6.31. The Morgan fingerprint density at radius 2 is 2.50 bits per heavy atom. The summed E-state index contributed by atoms with van der Waals surface area (Å²) in [6.07, 6.45) is 1.04. The highest BCUT2D eigenvalue weighted by Gasteiger charge is 2.24. The smallest absolute Gasteiger partial charge is 0.195 e. The number of nitrogens with zero attached hydrogens (tertiary/aromatic N) is 1. The summed E-state index contributed by atoms with van der Waals surface area (Å²) < 4.78 is 5.03. The van der Waals surface area contributed by atoms with Crippen molar-refractivity contribution in [3.63, 3.8) is 0 Å². The zero-order valence-corrected chi connectivity index (χ0v) is 7.27. The second kappa shape index (κ2) is 2.95. The number of anilines is 1. The molecule has 1 aromatic heterocycles. The van der Waals surface area contributed by atoms with Crippen LogP contribution in [-0.4, -0.2) is 18.2 Å². The minimum Gasteiger partial charge on any atom is -0.393 e. The molecule has 1 unspecified atom stereocenters. The summed E-state index contributed by atoms with van der Waals surface area (Å²) in [7, 11) is 0. The first-order valence-corrected chi connectivity index (χ1v) is 4.28. The van der Waals surface area contributed by atoms with Crippen LogP contribution < -0.4 is 11.1 Å². The minimum atomic E-state index is 0.275. The van der Waals surface area contributed by atoms with Crippen molar-refractivity contribution in [2.45, 2.75) is 12.3 Å². The minimum absolute atomic E-state index is 0.275. The molecule has 0 aromatic carbocycles. The normalized spacial score (nSPS) is 23.2. The summed E-state index contributed by atoms with van der Waals surface area (Å²) in [6.45, 7) is 1.90. The monoisotopic (exact) mass is 187 g/mol. The molecule has 0 spiro atoms. The van der Waals surface area contributed by atoms with Gasteiger partial charge in [-0.1, -0.05) is 16.8 Å². The molecule has 0 radical (unpaired) electrons. The molecule has 0 aliphatic carbocycles. The third-order valence-electron chi connectivity index (χ3n) is 2.14. The second-order valence-corrected chi connectivity index (χ2v) is 3.30. The van der Waals surface area contributed by atoms with Crippen LogP contribution in [0.2, 0.25) is 5.15 Å². The van der Waals surface area contributed by atoms with Gasteiger partial charge in [0.1, 0.15) is 5.69 Å². The predicted molar refractivity (Wildman–Crippen MR) is 46.2 cm³/mol. The highest BCUT2D eigenvalue weighted by atomic mass is 35.5. The van der Waals surface area contributed by atoms with Crippen LogP contribution in [0.3, 0.4) is 0 Å². The van der Waals surface area contributed by atoms with Crippen molar-refractivity contribution in [1.29, 1.82) is 0 Å². The van der Waals surface area contributed by atoms with Gasteiger partial charge in [-0.15, -0.1) is 0 Å². The second-order valence-electron chi connectivity index (χ2n) is 2.94. The summed E-state index contributed by atoms with van der Waals surface area (Å²) in [6, 6.07) is 0. The lowest BCUT2D eigenvalue weighted by Crippen LogP contribution is -2.08. The fraction of sp³-hybridized carbons (Fsp3) is 0.571. The molecule has 1 aliphatic rings. The van der Waals surface area contributed by atoms with Crippen LogP contribution in [0.1, 0.15) is 18.1 Å². The van der Waals surface area contributed by atoms with Gasteiger partial charge in [0.15, 0.2) is 10.9 Å². The topological polar surface area (TPSA) is 64.1 Å². The van der Waals surface area contributed by atoms with E-state index in [1.54, 1.807) is 0 Å². The van der Waals surface area contributed by atoms with Crippen LogP contribution in [0.4, 0.5) is 5.69 Å². The molecular formula is C7H10ClN3O. The van der Waals surface area contributed by atoms with Gasteiger partial charge in [0.25, 0.3) is 0 Å². The van der Waals surface area contributed by atoms with E-state index in [1.807, 2.05) is 0 Å². The Morgan fingerprint density at radius 3 is 3.00 bits per heavy atom. The number of nitrogens with one attached hydrogen (secondary N) is 1. The number of nitrogen functional groups attached to an aromatic ring is 1. The van der Waals surface area contributed by atoms with E-state index in [4.69, 9.17) is 21.9 Å². The van der Waals surface area contributed by atoms with Gasteiger partial charge in [-0.05, 0) is 13.0 Å². The Labute approximate surface area is 75.0 Å². The number of hydrogen-bond acceptors (Lipinski definition) is 4. The van der Waals surface area contributed by atoms with Crippen molar-refractivity contribution in [2.24, 2.45) is 0 Å². The lowest BCUT2D eigenvalue weighted by Gasteiger charge is -2.02. The SMILES string of the molecule is Nc1c(Cl)noc1C1CCNC1. The van der Waals surface area contributed by atoms with Crippen LogP contribution in [-0.2, 0) is 0 Å². The van der Waals surface area contributed by atoms with E-state index in [1.165, 1.54) is 0 Å². The van der Waals surface area contributed by atoms with E-state index >= 15 is 0 Å². The molecule has 3 N–H and O–H groups in total. The lowest BCUT2D eigenvalue weighted by atomic mass is 10.1. The molecule has 2 heterocycles. The van der Waals surface area contributed by atoms with Gasteiger partial charge in [-0.25, -0.2) is 0 Å². The summed E-state index contributed by atoms with van der Waals surface area (Å²) in [5, 5.41) is 7.09. The molecule has 4 nitrogen and oxygen atoms in total. The molecule has 5 heteroatoms. The van der Waals surface area contributed by atoms with Crippen LogP contribution in [0, 0.1) is 0 Å². The molecule has 1 aromatic rings. The Kier molecular flexibility index (Phi) is 1.94. The standard InChI is InChI=1S/C7H10ClN3O/c8-7-5(9)6(12-11-7)4-1-2-10-3-4/h4,10H,1-3,9H2. The number of nitrogens with two attached hydrogens (primary N) is 1. The molecule has 12 heavy (non-hydrogen) atoms. The number of hydrogen-bond donors (Lipinski definition) is 2. The molecule has 1 fully saturated rings. The molecule has 2 rings (SSSR count). The molecule has 66 valence electrons. The summed E-state index contributed by atoms with van der Waals surface area (Å²) in [5.74, 6) is 1.06. The Morgan fingerprint density at radius 1 is 1.67 bits per heavy atom. The van der Waals surface area contributed by atoms with Gasteiger partial charge >= 0.3 is 0 Å². The highest BCUT2D eigenvalue weighted by Crippen LogP contribution is 2.31. The summed E-state index contributed by atoms with van der Waals surface area (Å²) in [4.78, 5) is 0. The molecule has 0 saturated carbocycles. The number of aromatic nitrogens is 1. The van der Waals surface area contributed by atoms with E-state index in [0.717, 1.165) is 25.3 Å². The van der Waals surface area contributed by atoms with Crippen molar-refractivity contribution < 1.29 is 4.52 Å². The number of rotatable bonds is 1. The van der Waals surface area contributed by atoms with Crippen molar-refractivity contribution in [3.8, 4) is 0 Å². The Hall–Kier alpha value is -0.740. The quantitative estimate of drug-likeness (QED) is 0.688. The molecule has 1 aliphatic heterocycles. The molecule has 0 bridgehead atoms. The largest absolute Gasteiger partial charge is 0.393 e. The predicted octanol–water partition coefficient (Wildman–Crippen LogP) is 0.987. The van der Waals surface area contributed by atoms with Crippen molar-refractivity contribution in [2.75, 3.05) is 18.8 Å². The molecule has 1 atom stereocenters. The summed E-state index contributed by atoms with van der Waals surface area (Å²) in [5.41, 5.74) is 6.16. The van der Waals surface area contributed by atoms with Gasteiger partial charge in [0, 0.05) is 12.5 Å². The van der Waals surface area contributed by atoms with Gasteiger partial charge in [-0.2, -0.15) is 0 Å². The average Bonchev–Trinajstić information content (AvgIpc) is 2.64. The first-order chi connectivity index (χ1) is 5.79. The summed E-state index contributed by atoms with van der Waals surface area (Å²) >= 11 is 5.66. The van der Waals surface area contributed by atoms with E-state index in [9.17, 15) is 0 Å². The van der Waals surface area contributed by atoms with Crippen molar-refractivity contribution in [3.05, 3.63) is 10.9 Å². The fourth-order valence-electron chi connectivity index (χ4n) is 1.46. The molecule has 1 saturated heterocycles. The van der Waals surface area contributed by atoms with Crippen LogP contribution >= 0.6 is 11.6 Å². The van der Waals surface area contributed by atoms with Gasteiger partial charge in [-0.3, -0.25) is 0 Å². The van der Waals surface area contributed by atoms with Gasteiger partial charge in [0.05, 0.1) is 0 Å². The fourth-order valence-corrected chi connectivity index (χ4v) is 1.59. The Bertz CT molecular complexity index is 280. The van der Waals surface area contributed by atoms with Crippen LogP contribution in [0.25, 0.3) is 0 Å². The maximum Gasteiger partial charge on any atom is 0.195 e. The zero-order valence-electron chi connectivity index (χ0n) is 6.51. The van der Waals surface area contributed by atoms with Crippen molar-refractivity contribution >= 4 is 17.3 Å². The van der Waals surface area contributed by atoms with E-state index in [0.29, 0.717) is 11.6 Å². The maximum atomic E-state index is 5.67. The van der Waals surface area contributed by atoms with Crippen molar-refractivity contribution in [1.82, 2.24) is 10.5 Å². The first-order valence-electron chi connectivity index (χ1n) is 3.90. The third kappa shape index (κ3) is 1.17.